The number of carbonyl (C=O) groups excluding carboxylic acids is 4. The minimum absolute atomic E-state index is 0.00321. The van der Waals surface area contributed by atoms with Gasteiger partial charge in [-0.2, -0.15) is 23.3 Å². The number of thiophene rings is 1. The number of hydrogen-bond acceptors (Lipinski definition) is 10. The van der Waals surface area contributed by atoms with Gasteiger partial charge in [-0.25, -0.2) is 9.88 Å². The number of allylic oxidation sites excluding steroid dienone is 2. The lowest BCUT2D eigenvalue weighted by Gasteiger charge is -2.49. The maximum Gasteiger partial charge on any atom is 0.433 e. The summed E-state index contributed by atoms with van der Waals surface area (Å²) in [6.45, 7) is 3.67. The number of aromatic nitrogens is 3. The molecule has 0 spiro atoms. The predicted molar refractivity (Wildman–Crippen MR) is 218 cm³/mol. The van der Waals surface area contributed by atoms with Crippen LogP contribution in [0.4, 0.5) is 24.8 Å². The van der Waals surface area contributed by atoms with Crippen molar-refractivity contribution in [2.45, 2.75) is 38.8 Å². The lowest BCUT2D eigenvalue weighted by molar-refractivity contribution is -0.141. The maximum atomic E-state index is 15.2. The molecule has 1 saturated carbocycles. The van der Waals surface area contributed by atoms with E-state index in [-0.39, 0.29) is 35.2 Å². The van der Waals surface area contributed by atoms with E-state index < -0.39 is 76.3 Å². The molecule has 2 aliphatic carbocycles. The minimum atomic E-state index is -4.83. The number of nitrogens with zero attached hydrogens (tertiary/aromatic N) is 6. The van der Waals surface area contributed by atoms with Crippen LogP contribution in [0.5, 0.6) is 11.5 Å². The van der Waals surface area contributed by atoms with Gasteiger partial charge in [0, 0.05) is 35.8 Å². The lowest BCUT2D eigenvalue weighted by Crippen LogP contribution is -2.49. The van der Waals surface area contributed by atoms with E-state index in [1.165, 1.54) is 36.2 Å². The van der Waals surface area contributed by atoms with Crippen molar-refractivity contribution >= 4 is 79.9 Å². The maximum absolute atomic E-state index is 15.2. The van der Waals surface area contributed by atoms with E-state index in [2.05, 4.69) is 4.98 Å². The molecule has 5 aromatic rings. The first-order valence-electron chi connectivity index (χ1n) is 18.9. The zero-order valence-electron chi connectivity index (χ0n) is 32.5. The number of phenolic OH excluding ortho intramolecular Hbond substituents is 1. The zero-order chi connectivity index (χ0) is 42.9. The van der Waals surface area contributed by atoms with Crippen LogP contribution in [0.2, 0.25) is 10.0 Å². The number of methoxy groups -OCH3 is 1. The molecule has 6 atom stereocenters. The molecule has 3 aromatic heterocycles. The summed E-state index contributed by atoms with van der Waals surface area (Å²) in [5.41, 5.74) is -0.103. The minimum Gasteiger partial charge on any atom is -0.504 e. The second-order valence-corrected chi connectivity index (χ2v) is 17.7. The molecule has 12 nitrogen and oxygen atoms in total. The number of amides is 4. The van der Waals surface area contributed by atoms with E-state index in [4.69, 9.17) is 33.0 Å². The van der Waals surface area contributed by atoms with Crippen molar-refractivity contribution in [1.29, 1.82) is 0 Å². The molecule has 4 amide bonds. The van der Waals surface area contributed by atoms with E-state index >= 15 is 4.79 Å². The molecule has 18 heteroatoms. The first-order chi connectivity index (χ1) is 28.4. The molecule has 2 aromatic carbocycles. The van der Waals surface area contributed by atoms with Gasteiger partial charge >= 0.3 is 6.18 Å². The fraction of sp³-hybridized carbons (Fsp3) is 0.333. The monoisotopic (exact) mass is 878 g/mol. The topological polar surface area (TPSA) is 138 Å². The van der Waals surface area contributed by atoms with Crippen molar-refractivity contribution in [3.63, 3.8) is 0 Å². The highest BCUT2D eigenvalue weighted by molar-refractivity contribution is 7.22. The van der Waals surface area contributed by atoms with Gasteiger partial charge in [-0.05, 0) is 91.6 Å². The average molecular weight is 880 g/mol. The van der Waals surface area contributed by atoms with Crippen LogP contribution in [0.25, 0.3) is 20.7 Å². The number of pyridine rings is 1. The summed E-state index contributed by atoms with van der Waals surface area (Å²) in [7, 11) is 4.29. The molecule has 2 saturated heterocycles. The lowest BCUT2D eigenvalue weighted by atomic mass is 9.51. The van der Waals surface area contributed by atoms with Gasteiger partial charge in [-0.1, -0.05) is 40.9 Å². The summed E-state index contributed by atoms with van der Waals surface area (Å²) in [6.07, 6.45) is -2.94. The second kappa shape index (κ2) is 13.8. The number of aryl methyl sites for hydroxylation is 2. The van der Waals surface area contributed by atoms with Crippen LogP contribution in [0.15, 0.2) is 66.2 Å². The molecule has 0 bridgehead atoms. The van der Waals surface area contributed by atoms with Crippen LogP contribution < -0.4 is 14.6 Å². The van der Waals surface area contributed by atoms with E-state index in [0.717, 1.165) is 41.5 Å². The van der Waals surface area contributed by atoms with Crippen LogP contribution in [0.3, 0.4) is 0 Å². The molecule has 1 N–H and O–H groups in total. The van der Waals surface area contributed by atoms with E-state index in [1.807, 2.05) is 25.1 Å². The van der Waals surface area contributed by atoms with Gasteiger partial charge in [0.15, 0.2) is 17.3 Å². The number of imide groups is 2. The van der Waals surface area contributed by atoms with Crippen LogP contribution in [0, 0.1) is 36.0 Å². The Kier molecular flexibility index (Phi) is 9.19. The SMILES string of the molecule is COc1ccc(C2C3=CCC4C(=O)N(N(C)c5nc(C(F)(F)F)ccc5Cl)C(=O)C4C3CC3C(=O)N(c4cc(-c5sc6ccc(Cl)cc6c5C)nn4C)C(=O)C32C)cc1O. The molecule has 2 aliphatic heterocycles. The van der Waals surface area contributed by atoms with E-state index in [9.17, 15) is 32.7 Å². The Morgan fingerprint density at radius 1 is 1.00 bits per heavy atom. The third-order valence-electron chi connectivity index (χ3n) is 12.7. The van der Waals surface area contributed by atoms with Crippen molar-refractivity contribution in [3.8, 4) is 22.1 Å². The summed E-state index contributed by atoms with van der Waals surface area (Å²) >= 11 is 14.1. The number of hydrazine groups is 1. The summed E-state index contributed by atoms with van der Waals surface area (Å²) in [5, 5.41) is 18.8. The molecule has 5 heterocycles. The van der Waals surface area contributed by atoms with Crippen molar-refractivity contribution in [3.05, 3.63) is 93.1 Å². The molecule has 60 heavy (non-hydrogen) atoms. The van der Waals surface area contributed by atoms with Gasteiger partial charge in [0.25, 0.3) is 11.8 Å². The summed E-state index contributed by atoms with van der Waals surface area (Å²) in [5.74, 6) is -7.25. The highest BCUT2D eigenvalue weighted by Crippen LogP contribution is 2.64. The number of carbonyl (C=O) groups is 4. The van der Waals surface area contributed by atoms with Crippen molar-refractivity contribution in [2.24, 2.45) is 36.1 Å². The van der Waals surface area contributed by atoms with Crippen LogP contribution in [-0.2, 0) is 32.4 Å². The fourth-order valence-corrected chi connectivity index (χ4v) is 11.5. The molecule has 310 valence electrons. The number of alkyl halides is 3. The highest BCUT2D eigenvalue weighted by atomic mass is 35.5. The van der Waals surface area contributed by atoms with Gasteiger partial charge in [0.2, 0.25) is 11.8 Å². The van der Waals surface area contributed by atoms with Crippen molar-refractivity contribution in [1.82, 2.24) is 19.8 Å². The highest BCUT2D eigenvalue weighted by Gasteiger charge is 2.68. The number of ether oxygens (including phenoxy) is 1. The molecule has 3 fully saturated rings. The molecule has 9 rings (SSSR count). The Labute approximate surface area is 354 Å². The third kappa shape index (κ3) is 5.70. The smallest absolute Gasteiger partial charge is 0.433 e. The Morgan fingerprint density at radius 2 is 1.75 bits per heavy atom. The number of phenols is 1. The standard InChI is InChI=1S/C42H35Cl2F3N6O6S/c1-18-23-15-20(43)7-12-30(23)60-35(18)27-17-32(50(3)49-27)52-38(56)25-16-24-21(34(41(25,2)40(52)58)19-6-11-29(59-5)28(54)14-19)8-9-22-33(24)39(57)53(37(22)55)51(4)36-26(44)10-13-31(48-36)42(45,46)47/h6-8,10-15,17,22,24-25,33-34,54H,9,16H2,1-5H3. The quantitative estimate of drug-likeness (QED) is 0.132. The zero-order valence-corrected chi connectivity index (χ0v) is 34.9. The normalized spacial score (nSPS) is 25.2. The van der Waals surface area contributed by atoms with Gasteiger partial charge in [-0.3, -0.25) is 28.9 Å². The Bertz CT molecular complexity index is 2750. The van der Waals surface area contributed by atoms with Gasteiger partial charge in [0.1, 0.15) is 17.2 Å². The number of aromatic hydroxyl groups is 1. The summed E-state index contributed by atoms with van der Waals surface area (Å²) in [4.78, 5) is 64.5. The average Bonchev–Trinajstić information content (AvgIpc) is 3.87. The number of fused-ring (bicyclic) bond motifs is 5. The molecule has 0 radical (unpaired) electrons. The van der Waals surface area contributed by atoms with Gasteiger partial charge in [-0.15, -0.1) is 11.3 Å². The fourth-order valence-electron chi connectivity index (χ4n) is 9.91. The Balaban J connectivity index is 1.13. The number of hydrogen-bond donors (Lipinski definition) is 1. The number of benzene rings is 2. The Hall–Kier alpha value is -5.45. The molecule has 6 unspecified atom stereocenters. The second-order valence-electron chi connectivity index (χ2n) is 15.8. The number of anilines is 2. The van der Waals surface area contributed by atoms with Crippen molar-refractivity contribution < 1.29 is 42.2 Å². The number of halogens is 5. The predicted octanol–water partition coefficient (Wildman–Crippen LogP) is 8.33. The van der Waals surface area contributed by atoms with Crippen LogP contribution in [-0.4, -0.2) is 62.7 Å². The van der Waals surface area contributed by atoms with Crippen molar-refractivity contribution in [2.75, 3.05) is 24.1 Å². The molecular weight excluding hydrogens is 844 g/mol. The van der Waals surface area contributed by atoms with E-state index in [1.54, 1.807) is 38.2 Å². The van der Waals surface area contributed by atoms with Crippen LogP contribution in [0.1, 0.15) is 42.5 Å². The molecular formula is C42H35Cl2F3N6O6S. The van der Waals surface area contributed by atoms with Gasteiger partial charge < -0.3 is 9.84 Å². The molecule has 4 aliphatic rings. The first kappa shape index (κ1) is 40.0. The van der Waals surface area contributed by atoms with E-state index in [0.29, 0.717) is 27.9 Å². The summed E-state index contributed by atoms with van der Waals surface area (Å²) < 4.78 is 48.9. The Morgan fingerprint density at radius 3 is 2.45 bits per heavy atom. The van der Waals surface area contributed by atoms with Gasteiger partial charge in [0.05, 0.1) is 40.2 Å². The van der Waals surface area contributed by atoms with Crippen LogP contribution >= 0.6 is 34.5 Å². The summed E-state index contributed by atoms with van der Waals surface area (Å²) in [6, 6.07) is 13.7. The first-order valence-corrected chi connectivity index (χ1v) is 20.5. The third-order valence-corrected chi connectivity index (χ3v) is 14.6. The number of rotatable bonds is 6. The largest absolute Gasteiger partial charge is 0.504 e.